The Morgan fingerprint density at radius 2 is 1.92 bits per heavy atom. The Balaban J connectivity index is 2.18. The van der Waals surface area contributed by atoms with Gasteiger partial charge in [0.25, 0.3) is 0 Å². The molecule has 0 N–H and O–H groups in total. The van der Waals surface area contributed by atoms with E-state index in [2.05, 4.69) is 0 Å². The maximum Gasteiger partial charge on any atom is 0.248 e. The zero-order chi connectivity index (χ0) is 9.03. The first-order chi connectivity index (χ1) is 5.64. The van der Waals surface area contributed by atoms with E-state index in [0.29, 0.717) is 32.0 Å². The molecule has 12 heavy (non-hydrogen) atoms. The van der Waals surface area contributed by atoms with Crippen LogP contribution in [0.15, 0.2) is 0 Å². The van der Waals surface area contributed by atoms with Gasteiger partial charge in [-0.3, -0.25) is 0 Å². The van der Waals surface area contributed by atoms with Crippen LogP contribution < -0.4 is 0 Å². The van der Waals surface area contributed by atoms with Crippen molar-refractivity contribution in [1.29, 1.82) is 0 Å². The minimum atomic E-state index is -2.40. The Bertz CT molecular complexity index is 126. The number of alkyl halides is 2. The molecule has 1 fully saturated rings. The second kappa shape index (κ2) is 4.17. The molecule has 0 aromatic heterocycles. The SMILES string of the molecule is CCOCC1CCC(F)(F)CC1. The van der Waals surface area contributed by atoms with Crippen molar-refractivity contribution in [3.8, 4) is 0 Å². The summed E-state index contributed by atoms with van der Waals surface area (Å²) in [6.07, 6.45) is 1.33. The van der Waals surface area contributed by atoms with Gasteiger partial charge in [-0.1, -0.05) is 0 Å². The highest BCUT2D eigenvalue weighted by atomic mass is 19.3. The molecule has 3 heteroatoms. The molecule has 0 saturated heterocycles. The maximum atomic E-state index is 12.7. The molecule has 1 rings (SSSR count). The van der Waals surface area contributed by atoms with Crippen LogP contribution in [0.4, 0.5) is 8.78 Å². The van der Waals surface area contributed by atoms with Crippen LogP contribution in [0.3, 0.4) is 0 Å². The van der Waals surface area contributed by atoms with Gasteiger partial charge < -0.3 is 4.74 Å². The van der Waals surface area contributed by atoms with Crippen LogP contribution >= 0.6 is 0 Å². The Kier molecular flexibility index (Phi) is 3.44. The fourth-order valence-electron chi connectivity index (χ4n) is 1.55. The van der Waals surface area contributed by atoms with Gasteiger partial charge in [-0.15, -0.1) is 0 Å². The van der Waals surface area contributed by atoms with E-state index in [0.717, 1.165) is 0 Å². The molecule has 0 radical (unpaired) electrons. The first kappa shape index (κ1) is 9.90. The van der Waals surface area contributed by atoms with Gasteiger partial charge in [0.05, 0.1) is 0 Å². The topological polar surface area (TPSA) is 9.23 Å². The Hall–Kier alpha value is -0.180. The second-order valence-corrected chi connectivity index (χ2v) is 3.46. The quantitative estimate of drug-likeness (QED) is 0.645. The third-order valence-corrected chi connectivity index (χ3v) is 2.39. The Morgan fingerprint density at radius 1 is 1.33 bits per heavy atom. The van der Waals surface area contributed by atoms with Crippen LogP contribution in [0, 0.1) is 5.92 Å². The largest absolute Gasteiger partial charge is 0.381 e. The summed E-state index contributed by atoms with van der Waals surface area (Å²) in [5, 5.41) is 0. The summed E-state index contributed by atoms with van der Waals surface area (Å²) in [4.78, 5) is 0. The van der Waals surface area contributed by atoms with Crippen molar-refractivity contribution in [2.24, 2.45) is 5.92 Å². The molecule has 1 aliphatic rings. The van der Waals surface area contributed by atoms with E-state index in [1.165, 1.54) is 0 Å². The van der Waals surface area contributed by atoms with Gasteiger partial charge in [0.2, 0.25) is 5.92 Å². The minimum Gasteiger partial charge on any atom is -0.381 e. The highest BCUT2D eigenvalue weighted by Crippen LogP contribution is 2.35. The lowest BCUT2D eigenvalue weighted by Gasteiger charge is -2.27. The van der Waals surface area contributed by atoms with Gasteiger partial charge in [0, 0.05) is 26.1 Å². The van der Waals surface area contributed by atoms with E-state index in [1.54, 1.807) is 0 Å². The molecule has 0 aliphatic heterocycles. The lowest BCUT2D eigenvalue weighted by molar-refractivity contribution is -0.0552. The summed E-state index contributed by atoms with van der Waals surface area (Å²) < 4.78 is 30.5. The third-order valence-electron chi connectivity index (χ3n) is 2.39. The van der Waals surface area contributed by atoms with Crippen LogP contribution in [0.25, 0.3) is 0 Å². The molecule has 0 unspecified atom stereocenters. The zero-order valence-electron chi connectivity index (χ0n) is 7.48. The fourth-order valence-corrected chi connectivity index (χ4v) is 1.55. The fraction of sp³-hybridized carbons (Fsp3) is 1.00. The van der Waals surface area contributed by atoms with Crippen LogP contribution in [0.2, 0.25) is 0 Å². The predicted molar refractivity (Wildman–Crippen MR) is 43.4 cm³/mol. The van der Waals surface area contributed by atoms with Crippen molar-refractivity contribution in [1.82, 2.24) is 0 Å². The number of ether oxygens (including phenoxy) is 1. The maximum absolute atomic E-state index is 12.7. The van der Waals surface area contributed by atoms with Gasteiger partial charge in [-0.05, 0) is 25.7 Å². The van der Waals surface area contributed by atoms with E-state index < -0.39 is 5.92 Å². The van der Waals surface area contributed by atoms with Gasteiger partial charge >= 0.3 is 0 Å². The van der Waals surface area contributed by atoms with Gasteiger partial charge in [0.1, 0.15) is 0 Å². The molecule has 0 bridgehead atoms. The summed E-state index contributed by atoms with van der Waals surface area (Å²) in [6.45, 7) is 3.27. The van der Waals surface area contributed by atoms with Crippen LogP contribution in [-0.4, -0.2) is 19.1 Å². The van der Waals surface area contributed by atoms with Crippen molar-refractivity contribution in [3.05, 3.63) is 0 Å². The average molecular weight is 178 g/mol. The number of halogens is 2. The number of hydrogen-bond acceptors (Lipinski definition) is 1. The van der Waals surface area contributed by atoms with Crippen molar-refractivity contribution < 1.29 is 13.5 Å². The van der Waals surface area contributed by atoms with Crippen molar-refractivity contribution in [2.45, 2.75) is 38.5 Å². The van der Waals surface area contributed by atoms with E-state index in [9.17, 15) is 8.78 Å². The molecular formula is C9H16F2O. The summed E-state index contributed by atoms with van der Waals surface area (Å²) >= 11 is 0. The summed E-state index contributed by atoms with van der Waals surface area (Å²) in [7, 11) is 0. The van der Waals surface area contributed by atoms with Crippen LogP contribution in [0.5, 0.6) is 0 Å². The normalized spacial score (nSPS) is 24.2. The number of hydrogen-bond donors (Lipinski definition) is 0. The lowest BCUT2D eigenvalue weighted by Crippen LogP contribution is -2.26. The molecule has 1 aliphatic carbocycles. The molecule has 72 valence electrons. The van der Waals surface area contributed by atoms with E-state index in [-0.39, 0.29) is 12.8 Å². The molecule has 1 saturated carbocycles. The summed E-state index contributed by atoms with van der Waals surface area (Å²) in [5.74, 6) is -2.03. The first-order valence-electron chi connectivity index (χ1n) is 4.59. The van der Waals surface area contributed by atoms with Crippen LogP contribution in [0.1, 0.15) is 32.6 Å². The molecule has 0 aromatic carbocycles. The summed E-state index contributed by atoms with van der Waals surface area (Å²) in [5.41, 5.74) is 0. The standard InChI is InChI=1S/C9H16F2O/c1-2-12-7-8-3-5-9(10,11)6-4-8/h8H,2-7H2,1H3. The third kappa shape index (κ3) is 3.05. The Morgan fingerprint density at radius 3 is 2.42 bits per heavy atom. The van der Waals surface area contributed by atoms with Crippen molar-refractivity contribution in [3.63, 3.8) is 0 Å². The molecule has 0 heterocycles. The smallest absolute Gasteiger partial charge is 0.248 e. The second-order valence-electron chi connectivity index (χ2n) is 3.46. The van der Waals surface area contributed by atoms with Crippen molar-refractivity contribution in [2.75, 3.05) is 13.2 Å². The molecular weight excluding hydrogens is 162 g/mol. The molecule has 0 aromatic rings. The molecule has 0 amide bonds. The first-order valence-corrected chi connectivity index (χ1v) is 4.59. The minimum absolute atomic E-state index is 0.0464. The Labute approximate surface area is 72.1 Å². The van der Waals surface area contributed by atoms with E-state index >= 15 is 0 Å². The average Bonchev–Trinajstić information content (AvgIpc) is 2.03. The predicted octanol–water partition coefficient (Wildman–Crippen LogP) is 2.85. The van der Waals surface area contributed by atoms with E-state index in [1.807, 2.05) is 6.92 Å². The van der Waals surface area contributed by atoms with E-state index in [4.69, 9.17) is 4.74 Å². The zero-order valence-corrected chi connectivity index (χ0v) is 7.48. The molecule has 0 spiro atoms. The highest BCUT2D eigenvalue weighted by molar-refractivity contribution is 4.77. The van der Waals surface area contributed by atoms with Gasteiger partial charge in [0.15, 0.2) is 0 Å². The monoisotopic (exact) mass is 178 g/mol. The molecule has 0 atom stereocenters. The van der Waals surface area contributed by atoms with Gasteiger partial charge in [-0.2, -0.15) is 0 Å². The van der Waals surface area contributed by atoms with Crippen molar-refractivity contribution >= 4 is 0 Å². The molecule has 1 nitrogen and oxygen atoms in total. The van der Waals surface area contributed by atoms with Gasteiger partial charge in [-0.25, -0.2) is 8.78 Å². The summed E-state index contributed by atoms with van der Waals surface area (Å²) in [6, 6.07) is 0. The lowest BCUT2D eigenvalue weighted by atomic mass is 9.87. The van der Waals surface area contributed by atoms with Crippen LogP contribution in [-0.2, 0) is 4.74 Å². The number of rotatable bonds is 3. The highest BCUT2D eigenvalue weighted by Gasteiger charge is 2.34.